The predicted octanol–water partition coefficient (Wildman–Crippen LogP) is 3.95. The summed E-state index contributed by atoms with van der Waals surface area (Å²) in [5.74, 6) is 1.90. The second-order valence-corrected chi connectivity index (χ2v) is 16.4. The Bertz CT molecular complexity index is 1120. The van der Waals surface area contributed by atoms with E-state index in [0.717, 1.165) is 25.3 Å². The zero-order valence-corrected chi connectivity index (χ0v) is 22.2. The van der Waals surface area contributed by atoms with E-state index in [0.29, 0.717) is 70.4 Å². The van der Waals surface area contributed by atoms with Crippen molar-refractivity contribution >= 4 is 23.1 Å². The van der Waals surface area contributed by atoms with Crippen molar-refractivity contribution in [3.63, 3.8) is 0 Å². The largest absolute Gasteiger partial charge is 0.379 e. The molecule has 2 saturated heterocycles. The summed E-state index contributed by atoms with van der Waals surface area (Å²) in [6, 6.07) is 5.37. The van der Waals surface area contributed by atoms with E-state index in [1.165, 1.54) is 37.5 Å². The number of hydrogen-bond acceptors (Lipinski definition) is 6. The Balaban J connectivity index is 1.58. The first-order valence-electron chi connectivity index (χ1n) is 13.1. The second kappa shape index (κ2) is 9.43. The fraction of sp³-hybridized carbons (Fsp3) is 0.750. The molecular weight excluding hydrogens is 503 g/mol. The van der Waals surface area contributed by atoms with Crippen LogP contribution in [0.1, 0.15) is 38.5 Å². The van der Waals surface area contributed by atoms with Crippen LogP contribution in [0.4, 0.5) is 5.69 Å². The van der Waals surface area contributed by atoms with Crippen LogP contribution in [0.25, 0.3) is 0 Å². The number of nitro benzene ring substituents is 1. The average Bonchev–Trinajstić information content (AvgIpc) is 2.87. The average molecular weight is 539 g/mol. The van der Waals surface area contributed by atoms with Gasteiger partial charge in [0.05, 0.1) is 36.2 Å². The van der Waals surface area contributed by atoms with Crippen LogP contribution in [0.5, 0.6) is 0 Å². The first-order chi connectivity index (χ1) is 17.3. The minimum atomic E-state index is -4.16. The van der Waals surface area contributed by atoms with Crippen LogP contribution < -0.4 is 0 Å². The Hall–Kier alpha value is -1.36. The zero-order chi connectivity index (χ0) is 25.0. The van der Waals surface area contributed by atoms with Gasteiger partial charge in [-0.3, -0.25) is 19.5 Å². The first kappa shape index (κ1) is 24.9. The summed E-state index contributed by atoms with van der Waals surface area (Å²) in [5, 5.41) is 11.3. The summed E-state index contributed by atoms with van der Waals surface area (Å²) in [4.78, 5) is 10.8. The van der Waals surface area contributed by atoms with Gasteiger partial charge in [0.15, 0.2) is 0 Å². The zero-order valence-electron chi connectivity index (χ0n) is 20.5. The molecule has 6 fully saturated rings. The molecule has 4 bridgehead atoms. The van der Waals surface area contributed by atoms with Gasteiger partial charge in [-0.1, -0.05) is 6.07 Å². The van der Waals surface area contributed by atoms with Gasteiger partial charge in [-0.2, -0.15) is 8.42 Å². The summed E-state index contributed by atoms with van der Waals surface area (Å²) in [5.41, 5.74) is -0.234. The molecule has 6 aliphatic rings. The quantitative estimate of drug-likeness (QED) is 0.304. The molecule has 36 heavy (non-hydrogen) atoms. The maximum atomic E-state index is 14.1. The highest BCUT2D eigenvalue weighted by Gasteiger charge is 2.62. The molecule has 4 aliphatic carbocycles. The number of benzene rings is 1. The SMILES string of the molecule is O=[N+]([O-])c1cccc(S(=O)(=O)N=P(N2CCOCC2)(N2CCOCC2)C23CC4CC(CC(C4)C2)C3)c1. The molecule has 0 spiro atoms. The molecular formula is C24H35N4O6PS. The van der Waals surface area contributed by atoms with Crippen molar-refractivity contribution < 1.29 is 22.8 Å². The standard InChI is InChI=1S/C24H35N4O6PS/c29-28(30)22-2-1-3-23(15-22)36(31,32)25-35(26-4-8-33-9-5-26,27-6-10-34-11-7-27)24-16-19-12-20(17-24)14-21(13-19)18-24/h1-3,15,19-21H,4-14,16-18H2. The molecule has 0 N–H and O–H groups in total. The van der Waals surface area contributed by atoms with Crippen molar-refractivity contribution in [3.05, 3.63) is 34.4 Å². The monoisotopic (exact) mass is 538 g/mol. The fourth-order valence-corrected chi connectivity index (χ4v) is 16.1. The Morgan fingerprint density at radius 1 is 0.917 bits per heavy atom. The lowest BCUT2D eigenvalue weighted by Crippen LogP contribution is -2.57. The molecule has 2 aliphatic heterocycles. The molecule has 1 aromatic carbocycles. The minimum absolute atomic E-state index is 0.0904. The highest BCUT2D eigenvalue weighted by atomic mass is 32.2. The first-order valence-corrected chi connectivity index (χ1v) is 16.2. The third kappa shape index (κ3) is 4.16. The van der Waals surface area contributed by atoms with Crippen LogP contribution in [0.15, 0.2) is 33.3 Å². The lowest BCUT2D eigenvalue weighted by Gasteiger charge is -2.64. The van der Waals surface area contributed by atoms with Gasteiger partial charge in [0.25, 0.3) is 15.7 Å². The van der Waals surface area contributed by atoms with Crippen molar-refractivity contribution in [2.45, 2.75) is 48.6 Å². The predicted molar refractivity (Wildman–Crippen MR) is 135 cm³/mol. The van der Waals surface area contributed by atoms with Gasteiger partial charge in [0, 0.05) is 43.5 Å². The van der Waals surface area contributed by atoms with Gasteiger partial charge in [-0.25, -0.2) is 0 Å². The van der Waals surface area contributed by atoms with Crippen molar-refractivity contribution in [1.82, 2.24) is 9.34 Å². The van der Waals surface area contributed by atoms with E-state index in [2.05, 4.69) is 9.34 Å². The minimum Gasteiger partial charge on any atom is -0.379 e. The number of nitro groups is 1. The van der Waals surface area contributed by atoms with Gasteiger partial charge in [0.1, 0.15) is 7.36 Å². The molecule has 0 unspecified atom stereocenters. The van der Waals surface area contributed by atoms with Crippen molar-refractivity contribution in [2.24, 2.45) is 21.9 Å². The topological polar surface area (TPSA) is 115 Å². The van der Waals surface area contributed by atoms with E-state index in [4.69, 9.17) is 13.6 Å². The van der Waals surface area contributed by atoms with Crippen LogP contribution in [-0.4, -0.2) is 80.4 Å². The number of hydrogen-bond donors (Lipinski definition) is 0. The molecule has 10 nitrogen and oxygen atoms in total. The third-order valence-corrected chi connectivity index (χ3v) is 15.8. The Morgan fingerprint density at radius 2 is 1.42 bits per heavy atom. The number of sulfonamides is 1. The fourth-order valence-electron chi connectivity index (χ4n) is 8.02. The maximum absolute atomic E-state index is 14.1. The molecule has 7 rings (SSSR count). The highest BCUT2D eigenvalue weighted by Crippen LogP contribution is 2.77. The lowest BCUT2D eigenvalue weighted by molar-refractivity contribution is -0.385. The number of non-ortho nitro benzene ring substituents is 1. The summed E-state index contributed by atoms with van der Waals surface area (Å²) in [7, 11) is -6.96. The van der Waals surface area contributed by atoms with E-state index < -0.39 is 22.3 Å². The number of nitrogens with zero attached hydrogens (tertiary/aromatic N) is 4. The van der Waals surface area contributed by atoms with E-state index in [1.54, 1.807) is 0 Å². The van der Waals surface area contributed by atoms with E-state index in [1.807, 2.05) is 0 Å². The maximum Gasteiger partial charge on any atom is 0.283 e. The van der Waals surface area contributed by atoms with Gasteiger partial charge in [-0.15, -0.1) is 4.15 Å². The molecule has 0 aromatic heterocycles. The third-order valence-electron chi connectivity index (χ3n) is 8.95. The van der Waals surface area contributed by atoms with E-state index >= 15 is 0 Å². The molecule has 2 heterocycles. The highest BCUT2D eigenvalue weighted by molar-refractivity contribution is 7.94. The number of rotatable bonds is 6. The summed E-state index contributed by atoms with van der Waals surface area (Å²) >= 11 is 0. The second-order valence-electron chi connectivity index (χ2n) is 11.2. The van der Waals surface area contributed by atoms with E-state index in [-0.39, 0.29) is 15.7 Å². The van der Waals surface area contributed by atoms with Gasteiger partial charge in [-0.05, 0) is 62.3 Å². The molecule has 0 atom stereocenters. The summed E-state index contributed by atoms with van der Waals surface area (Å²) < 4.78 is 49.5. The summed E-state index contributed by atoms with van der Waals surface area (Å²) in [6.45, 7) is 4.86. The Labute approximate surface area is 212 Å². The Kier molecular flexibility index (Phi) is 6.54. The summed E-state index contributed by atoms with van der Waals surface area (Å²) in [6.07, 6.45) is 6.83. The van der Waals surface area contributed by atoms with Crippen LogP contribution in [0.2, 0.25) is 0 Å². The molecule has 0 radical (unpaired) electrons. The van der Waals surface area contributed by atoms with Crippen molar-refractivity contribution in [1.29, 1.82) is 0 Å². The van der Waals surface area contributed by atoms with Gasteiger partial charge >= 0.3 is 0 Å². The smallest absolute Gasteiger partial charge is 0.283 e. The molecule has 1 aromatic rings. The van der Waals surface area contributed by atoms with Crippen molar-refractivity contribution in [3.8, 4) is 0 Å². The van der Waals surface area contributed by atoms with Crippen LogP contribution in [0, 0.1) is 27.9 Å². The molecule has 198 valence electrons. The van der Waals surface area contributed by atoms with Crippen molar-refractivity contribution in [2.75, 3.05) is 52.6 Å². The van der Waals surface area contributed by atoms with Crippen LogP contribution in [0.3, 0.4) is 0 Å². The van der Waals surface area contributed by atoms with Gasteiger partial charge in [0.2, 0.25) is 0 Å². The lowest BCUT2D eigenvalue weighted by atomic mass is 9.56. The van der Waals surface area contributed by atoms with Crippen LogP contribution in [-0.2, 0) is 19.5 Å². The molecule has 0 amide bonds. The number of ether oxygens (including phenoxy) is 2. The van der Waals surface area contributed by atoms with Crippen LogP contribution >= 0.6 is 7.36 Å². The Morgan fingerprint density at radius 3 is 1.89 bits per heavy atom. The number of morpholine rings is 2. The van der Waals surface area contributed by atoms with Gasteiger partial charge < -0.3 is 9.47 Å². The molecule has 4 saturated carbocycles. The normalized spacial score (nSPS) is 33.5. The molecule has 12 heteroatoms. The van der Waals surface area contributed by atoms with E-state index in [9.17, 15) is 18.5 Å².